The SMILES string of the molecule is Cc1c([C@@H](NC(=O)Nc2cnc(N3C[C@@H](O)[C@@H]3C)nc2)C(C)C)oc2ccc(F)cc12. The van der Waals surface area contributed by atoms with Gasteiger partial charge in [-0.2, -0.15) is 0 Å². The van der Waals surface area contributed by atoms with Crippen LogP contribution >= 0.6 is 0 Å². The molecule has 0 bridgehead atoms. The number of halogens is 1. The average molecular weight is 427 g/mol. The second-order valence-electron chi connectivity index (χ2n) is 8.28. The Hall–Kier alpha value is -3.20. The predicted molar refractivity (Wildman–Crippen MR) is 115 cm³/mol. The van der Waals surface area contributed by atoms with Gasteiger partial charge in [0.05, 0.1) is 36.3 Å². The van der Waals surface area contributed by atoms with E-state index in [0.717, 1.165) is 5.56 Å². The van der Waals surface area contributed by atoms with Gasteiger partial charge in [-0.3, -0.25) is 0 Å². The number of aliphatic hydroxyl groups is 1. The molecule has 3 N–H and O–H groups in total. The molecule has 1 fully saturated rings. The van der Waals surface area contributed by atoms with Crippen LogP contribution in [0, 0.1) is 18.7 Å². The lowest BCUT2D eigenvalue weighted by molar-refractivity contribution is 0.0979. The standard InChI is InChI=1S/C22H26FN5O3/c1-11(2)19(20-12(3)16-7-14(23)5-6-18(16)31-20)27-22(30)26-15-8-24-21(25-9-15)28-10-17(29)13(28)4/h5-9,11,13,17,19,29H,10H2,1-4H3,(H2,26,27,30)/t13-,17+,19-/m0/s1. The summed E-state index contributed by atoms with van der Waals surface area (Å²) in [5.41, 5.74) is 1.82. The van der Waals surface area contributed by atoms with Crippen molar-refractivity contribution in [3.8, 4) is 0 Å². The van der Waals surface area contributed by atoms with Crippen LogP contribution in [0.25, 0.3) is 11.0 Å². The lowest BCUT2D eigenvalue weighted by Gasteiger charge is -2.43. The van der Waals surface area contributed by atoms with Gasteiger partial charge in [0.25, 0.3) is 0 Å². The highest BCUT2D eigenvalue weighted by Crippen LogP contribution is 2.33. The summed E-state index contributed by atoms with van der Waals surface area (Å²) in [4.78, 5) is 23.1. The van der Waals surface area contributed by atoms with E-state index in [4.69, 9.17) is 4.42 Å². The normalized spacial score (nSPS) is 19.4. The quantitative estimate of drug-likeness (QED) is 0.573. The van der Waals surface area contributed by atoms with Crippen LogP contribution in [0.2, 0.25) is 0 Å². The van der Waals surface area contributed by atoms with Crippen LogP contribution in [0.5, 0.6) is 0 Å². The maximum atomic E-state index is 13.6. The molecule has 3 aromatic rings. The number of hydrogen-bond donors (Lipinski definition) is 3. The molecule has 2 aromatic heterocycles. The van der Waals surface area contributed by atoms with E-state index in [9.17, 15) is 14.3 Å². The summed E-state index contributed by atoms with van der Waals surface area (Å²) in [7, 11) is 0. The van der Waals surface area contributed by atoms with Gasteiger partial charge in [0.1, 0.15) is 17.2 Å². The smallest absolute Gasteiger partial charge is 0.319 e. The Bertz CT molecular complexity index is 1100. The number of amides is 2. The van der Waals surface area contributed by atoms with Crippen LogP contribution in [0.4, 0.5) is 20.8 Å². The number of furan rings is 1. The van der Waals surface area contributed by atoms with Gasteiger partial charge >= 0.3 is 6.03 Å². The van der Waals surface area contributed by atoms with E-state index in [1.54, 1.807) is 6.07 Å². The monoisotopic (exact) mass is 427 g/mol. The molecule has 4 rings (SSSR count). The molecule has 1 aliphatic heterocycles. The molecular formula is C22H26FN5O3. The molecule has 0 spiro atoms. The number of rotatable bonds is 5. The van der Waals surface area contributed by atoms with Crippen molar-refractivity contribution in [1.29, 1.82) is 0 Å². The Balaban J connectivity index is 1.47. The number of carbonyl (C=O) groups excluding carboxylic acids is 1. The Morgan fingerprint density at radius 3 is 2.65 bits per heavy atom. The maximum Gasteiger partial charge on any atom is 0.319 e. The zero-order chi connectivity index (χ0) is 22.3. The molecular weight excluding hydrogens is 401 g/mol. The first-order chi connectivity index (χ1) is 14.7. The largest absolute Gasteiger partial charge is 0.459 e. The molecule has 0 radical (unpaired) electrons. The van der Waals surface area contributed by atoms with E-state index in [1.165, 1.54) is 24.5 Å². The van der Waals surface area contributed by atoms with Crippen LogP contribution in [0.1, 0.15) is 38.1 Å². The van der Waals surface area contributed by atoms with Crippen molar-refractivity contribution >= 4 is 28.6 Å². The molecule has 1 aromatic carbocycles. The minimum Gasteiger partial charge on any atom is -0.459 e. The zero-order valence-corrected chi connectivity index (χ0v) is 17.9. The molecule has 9 heteroatoms. The number of fused-ring (bicyclic) bond motifs is 1. The molecule has 1 aliphatic rings. The van der Waals surface area contributed by atoms with E-state index in [0.29, 0.717) is 34.9 Å². The van der Waals surface area contributed by atoms with E-state index < -0.39 is 12.1 Å². The van der Waals surface area contributed by atoms with E-state index in [1.807, 2.05) is 32.6 Å². The Kier molecular flexibility index (Phi) is 5.53. The number of hydrogen-bond acceptors (Lipinski definition) is 6. The Morgan fingerprint density at radius 2 is 2.03 bits per heavy atom. The third-order valence-electron chi connectivity index (χ3n) is 5.76. The molecule has 0 saturated carbocycles. The number of carbonyl (C=O) groups is 1. The van der Waals surface area contributed by atoms with E-state index in [2.05, 4.69) is 20.6 Å². The third-order valence-corrected chi connectivity index (χ3v) is 5.76. The van der Waals surface area contributed by atoms with Crippen molar-refractivity contribution in [1.82, 2.24) is 15.3 Å². The number of anilines is 2. The van der Waals surface area contributed by atoms with Gasteiger partial charge in [-0.1, -0.05) is 13.8 Å². The van der Waals surface area contributed by atoms with Gasteiger partial charge in [-0.25, -0.2) is 19.2 Å². The highest BCUT2D eigenvalue weighted by Gasteiger charge is 2.35. The first-order valence-electron chi connectivity index (χ1n) is 10.3. The van der Waals surface area contributed by atoms with Gasteiger partial charge in [-0.05, 0) is 38.0 Å². The topological polar surface area (TPSA) is 104 Å². The number of β-amino-alcohol motifs (C(OH)–C–C–N with tert-alkyl or cyclic N) is 1. The number of urea groups is 1. The van der Waals surface area contributed by atoms with Crippen molar-refractivity contribution in [2.24, 2.45) is 5.92 Å². The summed E-state index contributed by atoms with van der Waals surface area (Å²) in [6.45, 7) is 8.19. The molecule has 0 unspecified atom stereocenters. The van der Waals surface area contributed by atoms with Crippen LogP contribution in [0.15, 0.2) is 35.0 Å². The summed E-state index contributed by atoms with van der Waals surface area (Å²) in [6.07, 6.45) is 2.68. The molecule has 0 aliphatic carbocycles. The predicted octanol–water partition coefficient (Wildman–Crippen LogP) is 3.76. The molecule has 31 heavy (non-hydrogen) atoms. The zero-order valence-electron chi connectivity index (χ0n) is 17.9. The molecule has 2 amide bonds. The van der Waals surface area contributed by atoms with Gasteiger partial charge in [-0.15, -0.1) is 0 Å². The molecule has 3 heterocycles. The average Bonchev–Trinajstić information content (AvgIpc) is 3.06. The van der Waals surface area contributed by atoms with Crippen LogP contribution in [0.3, 0.4) is 0 Å². The van der Waals surface area contributed by atoms with Crippen molar-refractivity contribution < 1.29 is 18.7 Å². The number of nitrogens with zero attached hydrogens (tertiary/aromatic N) is 3. The van der Waals surface area contributed by atoms with Gasteiger partial charge in [0.2, 0.25) is 5.95 Å². The lowest BCUT2D eigenvalue weighted by Crippen LogP contribution is -2.59. The van der Waals surface area contributed by atoms with Crippen LogP contribution in [-0.2, 0) is 0 Å². The minimum absolute atomic E-state index is 0.0329. The first-order valence-corrected chi connectivity index (χ1v) is 10.3. The molecule has 1 saturated heterocycles. The maximum absolute atomic E-state index is 13.6. The Labute approximate surface area is 179 Å². The number of aryl methyl sites for hydroxylation is 1. The highest BCUT2D eigenvalue weighted by molar-refractivity contribution is 5.89. The fourth-order valence-electron chi connectivity index (χ4n) is 3.74. The molecule has 8 nitrogen and oxygen atoms in total. The fraction of sp³-hybridized carbons (Fsp3) is 0.409. The first kappa shape index (κ1) is 21.0. The van der Waals surface area contributed by atoms with Crippen LogP contribution < -0.4 is 15.5 Å². The van der Waals surface area contributed by atoms with Crippen molar-refractivity contribution in [2.75, 3.05) is 16.8 Å². The summed E-state index contributed by atoms with van der Waals surface area (Å²) in [5, 5.41) is 16.0. The van der Waals surface area contributed by atoms with Crippen molar-refractivity contribution in [3.63, 3.8) is 0 Å². The summed E-state index contributed by atoms with van der Waals surface area (Å²) >= 11 is 0. The molecule has 3 atom stereocenters. The van der Waals surface area contributed by atoms with Gasteiger partial charge in [0.15, 0.2) is 0 Å². The van der Waals surface area contributed by atoms with Crippen LogP contribution in [-0.4, -0.2) is 39.8 Å². The number of nitrogens with one attached hydrogen (secondary N) is 2. The minimum atomic E-state index is -0.422. The van der Waals surface area contributed by atoms with E-state index >= 15 is 0 Å². The van der Waals surface area contributed by atoms with Gasteiger partial charge in [0, 0.05) is 17.5 Å². The third kappa shape index (κ3) is 4.05. The van der Waals surface area contributed by atoms with Crippen molar-refractivity contribution in [2.45, 2.75) is 45.9 Å². The van der Waals surface area contributed by atoms with Gasteiger partial charge < -0.3 is 25.1 Å². The molecule has 164 valence electrons. The second kappa shape index (κ2) is 8.14. The van der Waals surface area contributed by atoms with E-state index in [-0.39, 0.29) is 23.9 Å². The van der Waals surface area contributed by atoms with Crippen molar-refractivity contribution in [3.05, 3.63) is 47.7 Å². The lowest BCUT2D eigenvalue weighted by atomic mass is 9.98. The number of aliphatic hydroxyl groups excluding tert-OH is 1. The number of aromatic nitrogens is 2. The second-order valence-corrected chi connectivity index (χ2v) is 8.28. The summed E-state index contributed by atoms with van der Waals surface area (Å²) in [6, 6.07) is 3.52. The fourth-order valence-corrected chi connectivity index (χ4v) is 3.74. The summed E-state index contributed by atoms with van der Waals surface area (Å²) < 4.78 is 19.6. The Morgan fingerprint density at radius 1 is 1.32 bits per heavy atom. The highest BCUT2D eigenvalue weighted by atomic mass is 19.1. The number of benzene rings is 1. The summed E-state index contributed by atoms with van der Waals surface area (Å²) in [5.74, 6) is 0.810.